The Hall–Kier alpha value is -3.53. The van der Waals surface area contributed by atoms with E-state index in [4.69, 9.17) is 5.11 Å². The van der Waals surface area contributed by atoms with Crippen LogP contribution in [-0.2, 0) is 27.8 Å². The SMILES string of the molecule is CCCn1nc(C(=O)O)nc1Cc1ccc(-c2ccccc2S(=O)(=O)NC(C)=O)cc1. The maximum atomic E-state index is 12.5. The number of nitrogens with one attached hydrogen (secondary N) is 1. The number of carbonyl (C=O) groups is 2. The molecule has 2 N–H and O–H groups in total. The van der Waals surface area contributed by atoms with E-state index in [2.05, 4.69) is 10.1 Å². The summed E-state index contributed by atoms with van der Waals surface area (Å²) in [5.74, 6) is -1.54. The summed E-state index contributed by atoms with van der Waals surface area (Å²) in [5, 5.41) is 13.2. The minimum absolute atomic E-state index is 0.00624. The Labute approximate surface area is 179 Å². The molecule has 162 valence electrons. The van der Waals surface area contributed by atoms with E-state index in [9.17, 15) is 18.0 Å². The van der Waals surface area contributed by atoms with Crippen LogP contribution < -0.4 is 4.72 Å². The van der Waals surface area contributed by atoms with Crippen LogP contribution in [0.25, 0.3) is 11.1 Å². The van der Waals surface area contributed by atoms with Gasteiger partial charge < -0.3 is 5.11 Å². The van der Waals surface area contributed by atoms with Gasteiger partial charge in [0.1, 0.15) is 5.82 Å². The fourth-order valence-corrected chi connectivity index (χ4v) is 4.38. The number of carboxylic acid groups (broad SMARTS) is 1. The third kappa shape index (κ3) is 5.15. The lowest BCUT2D eigenvalue weighted by Crippen LogP contribution is -2.28. The number of hydrogen-bond acceptors (Lipinski definition) is 6. The minimum atomic E-state index is -3.99. The summed E-state index contributed by atoms with van der Waals surface area (Å²) in [7, 11) is -3.99. The molecule has 0 spiro atoms. The lowest BCUT2D eigenvalue weighted by atomic mass is 10.0. The lowest BCUT2D eigenvalue weighted by molar-refractivity contribution is -0.117. The molecule has 3 rings (SSSR count). The molecule has 0 aliphatic heterocycles. The van der Waals surface area contributed by atoms with Crippen molar-refractivity contribution < 1.29 is 23.1 Å². The van der Waals surface area contributed by atoms with Crippen molar-refractivity contribution in [2.24, 2.45) is 0 Å². The Morgan fingerprint density at radius 3 is 2.39 bits per heavy atom. The van der Waals surface area contributed by atoms with Gasteiger partial charge in [-0.1, -0.05) is 49.4 Å². The quantitative estimate of drug-likeness (QED) is 0.548. The number of nitrogens with zero attached hydrogens (tertiary/aromatic N) is 3. The van der Waals surface area contributed by atoms with Crippen LogP contribution in [-0.4, -0.2) is 40.2 Å². The Morgan fingerprint density at radius 1 is 1.10 bits per heavy atom. The number of aromatic nitrogens is 3. The first-order valence-corrected chi connectivity index (χ1v) is 11.1. The van der Waals surface area contributed by atoms with E-state index < -0.39 is 21.9 Å². The van der Waals surface area contributed by atoms with Gasteiger partial charge in [0.15, 0.2) is 0 Å². The first-order valence-electron chi connectivity index (χ1n) is 9.60. The summed E-state index contributed by atoms with van der Waals surface area (Å²) in [6.45, 7) is 3.66. The van der Waals surface area contributed by atoms with Crippen molar-refractivity contribution in [1.82, 2.24) is 19.5 Å². The molecule has 1 amide bonds. The number of aryl methyl sites for hydroxylation is 1. The molecule has 0 unspecified atom stereocenters. The molecule has 0 aliphatic rings. The average molecular weight is 442 g/mol. The largest absolute Gasteiger partial charge is 0.475 e. The van der Waals surface area contributed by atoms with E-state index in [1.54, 1.807) is 35.0 Å². The molecule has 9 nitrogen and oxygen atoms in total. The molecule has 0 saturated carbocycles. The lowest BCUT2D eigenvalue weighted by Gasteiger charge is -2.11. The second-order valence-electron chi connectivity index (χ2n) is 6.91. The van der Waals surface area contributed by atoms with Crippen LogP contribution >= 0.6 is 0 Å². The number of carboxylic acids is 1. The number of amides is 1. The van der Waals surface area contributed by atoms with Gasteiger partial charge in [0, 0.05) is 25.5 Å². The maximum Gasteiger partial charge on any atom is 0.375 e. The molecule has 10 heteroatoms. The first-order chi connectivity index (χ1) is 14.7. The topological polar surface area (TPSA) is 131 Å². The van der Waals surface area contributed by atoms with E-state index >= 15 is 0 Å². The molecule has 31 heavy (non-hydrogen) atoms. The zero-order valence-corrected chi connectivity index (χ0v) is 17.9. The number of aromatic carboxylic acids is 1. The van der Waals surface area contributed by atoms with Gasteiger partial charge in [0.2, 0.25) is 5.91 Å². The number of rotatable bonds is 8. The third-order valence-corrected chi connectivity index (χ3v) is 5.95. The Bertz CT molecular complexity index is 1220. The van der Waals surface area contributed by atoms with Crippen LogP contribution in [0.4, 0.5) is 0 Å². The van der Waals surface area contributed by atoms with E-state index in [-0.39, 0.29) is 10.7 Å². The number of sulfonamides is 1. The van der Waals surface area contributed by atoms with Crippen molar-refractivity contribution in [2.45, 2.75) is 38.1 Å². The molecule has 1 heterocycles. The smallest absolute Gasteiger partial charge is 0.375 e. The number of benzene rings is 2. The summed E-state index contributed by atoms with van der Waals surface area (Å²) < 4.78 is 28.6. The Kier molecular flexibility index (Phi) is 6.50. The van der Waals surface area contributed by atoms with Crippen molar-refractivity contribution in [3.8, 4) is 11.1 Å². The summed E-state index contributed by atoms with van der Waals surface area (Å²) in [6, 6.07) is 13.6. The fraction of sp³-hybridized carbons (Fsp3) is 0.238. The molecule has 1 aromatic heterocycles. The monoisotopic (exact) mass is 442 g/mol. The van der Waals surface area contributed by atoms with Gasteiger partial charge in [-0.05, 0) is 23.6 Å². The summed E-state index contributed by atoms with van der Waals surface area (Å²) in [6.07, 6.45) is 1.17. The van der Waals surface area contributed by atoms with E-state index in [1.807, 2.05) is 23.8 Å². The summed E-state index contributed by atoms with van der Waals surface area (Å²) in [4.78, 5) is 26.6. The Morgan fingerprint density at radius 2 is 1.77 bits per heavy atom. The van der Waals surface area contributed by atoms with E-state index in [0.29, 0.717) is 29.9 Å². The highest BCUT2D eigenvalue weighted by atomic mass is 32.2. The van der Waals surface area contributed by atoms with Crippen LogP contribution in [0.2, 0.25) is 0 Å². The third-order valence-electron chi connectivity index (χ3n) is 4.46. The van der Waals surface area contributed by atoms with Gasteiger partial charge in [0.25, 0.3) is 15.8 Å². The summed E-state index contributed by atoms with van der Waals surface area (Å²) >= 11 is 0. The maximum absolute atomic E-state index is 12.5. The van der Waals surface area contributed by atoms with Crippen LogP contribution in [0.15, 0.2) is 53.4 Å². The van der Waals surface area contributed by atoms with Crippen molar-refractivity contribution >= 4 is 21.9 Å². The number of carbonyl (C=O) groups excluding carboxylic acids is 1. The molecule has 0 radical (unpaired) electrons. The van der Waals surface area contributed by atoms with Crippen molar-refractivity contribution in [2.75, 3.05) is 0 Å². The molecular formula is C21H22N4O5S. The predicted molar refractivity (Wildman–Crippen MR) is 113 cm³/mol. The fourth-order valence-electron chi connectivity index (χ4n) is 3.16. The second kappa shape index (κ2) is 9.09. The molecule has 0 saturated heterocycles. The molecule has 0 bridgehead atoms. The highest BCUT2D eigenvalue weighted by molar-refractivity contribution is 7.90. The van der Waals surface area contributed by atoms with Crippen LogP contribution in [0, 0.1) is 0 Å². The van der Waals surface area contributed by atoms with Crippen molar-refractivity contribution in [1.29, 1.82) is 0 Å². The zero-order chi connectivity index (χ0) is 22.6. The van der Waals surface area contributed by atoms with Gasteiger partial charge in [-0.15, -0.1) is 5.10 Å². The van der Waals surface area contributed by atoms with Crippen molar-refractivity contribution in [3.63, 3.8) is 0 Å². The molecule has 0 aliphatic carbocycles. The zero-order valence-electron chi connectivity index (χ0n) is 17.1. The summed E-state index contributed by atoms with van der Waals surface area (Å²) in [5.41, 5.74) is 1.99. The number of hydrogen-bond donors (Lipinski definition) is 2. The van der Waals surface area contributed by atoms with Crippen LogP contribution in [0.1, 0.15) is 42.3 Å². The average Bonchev–Trinajstić information content (AvgIpc) is 3.11. The molecule has 0 atom stereocenters. The van der Waals surface area contributed by atoms with Crippen LogP contribution in [0.3, 0.4) is 0 Å². The molecular weight excluding hydrogens is 420 g/mol. The second-order valence-corrected chi connectivity index (χ2v) is 8.56. The van der Waals surface area contributed by atoms with Crippen LogP contribution in [0.5, 0.6) is 0 Å². The van der Waals surface area contributed by atoms with E-state index in [0.717, 1.165) is 18.9 Å². The van der Waals surface area contributed by atoms with E-state index in [1.165, 1.54) is 6.07 Å². The molecule has 2 aromatic carbocycles. The highest BCUT2D eigenvalue weighted by Crippen LogP contribution is 2.27. The standard InChI is InChI=1S/C21H22N4O5S/c1-3-12-25-19(22-20(23-25)21(27)28)13-15-8-10-16(11-9-15)17-6-4-5-7-18(17)31(29,30)24-14(2)26/h4-11H,3,12-13H2,1-2H3,(H,24,26)(H,27,28). The van der Waals surface area contributed by atoms with Crippen molar-refractivity contribution in [3.05, 3.63) is 65.7 Å². The van der Waals surface area contributed by atoms with Gasteiger partial charge in [-0.25, -0.2) is 27.6 Å². The van der Waals surface area contributed by atoms with Gasteiger partial charge in [-0.3, -0.25) is 4.79 Å². The Balaban J connectivity index is 1.91. The van der Waals surface area contributed by atoms with Gasteiger partial charge in [0.05, 0.1) is 4.90 Å². The minimum Gasteiger partial charge on any atom is -0.475 e. The first kappa shape index (κ1) is 22.2. The normalized spacial score (nSPS) is 11.3. The molecule has 0 fully saturated rings. The predicted octanol–water partition coefficient (Wildman–Crippen LogP) is 2.47. The molecule has 3 aromatic rings. The van der Waals surface area contributed by atoms with Gasteiger partial charge in [-0.2, -0.15) is 0 Å². The van der Waals surface area contributed by atoms with Gasteiger partial charge >= 0.3 is 5.97 Å². The highest BCUT2D eigenvalue weighted by Gasteiger charge is 2.20.